The van der Waals surface area contributed by atoms with Gasteiger partial charge in [0, 0.05) is 18.4 Å². The number of tetrazole rings is 1. The molecule has 0 spiro atoms. The number of aromatic nitrogens is 7. The molecule has 7 heteroatoms. The molecule has 0 saturated carbocycles. The van der Waals surface area contributed by atoms with Gasteiger partial charge in [0.15, 0.2) is 11.6 Å². The molecule has 0 unspecified atom stereocenters. The van der Waals surface area contributed by atoms with Crippen molar-refractivity contribution in [1.29, 1.82) is 0 Å². The molecule has 0 saturated heterocycles. The van der Waals surface area contributed by atoms with Crippen molar-refractivity contribution in [2.24, 2.45) is 5.92 Å². The second-order valence-electron chi connectivity index (χ2n) is 7.92. The van der Waals surface area contributed by atoms with E-state index in [1.165, 1.54) is 5.56 Å². The summed E-state index contributed by atoms with van der Waals surface area (Å²) in [5, 5.41) is 18.8. The molecule has 0 radical (unpaired) electrons. The number of H-pyrrole nitrogens is 1. The molecule has 0 bridgehead atoms. The Balaban J connectivity index is 1.52. The van der Waals surface area contributed by atoms with Gasteiger partial charge in [0.25, 0.3) is 0 Å². The standard InChI is InChI=1S/C23H27N7/c1-4-21-24-22(13-8-16(2)3)30(27-21)15-17-9-11-18(12-10-17)19-6-5-7-20(14-19)23-25-28-29-26-23/h5-7,9-12,14,16H,4,8,13,15H2,1-3H3,(H,25,26,28,29). The van der Waals surface area contributed by atoms with E-state index in [-0.39, 0.29) is 0 Å². The average molecular weight is 402 g/mol. The van der Waals surface area contributed by atoms with Gasteiger partial charge in [-0.05, 0) is 45.5 Å². The molecule has 0 aliphatic rings. The molecule has 4 rings (SSSR count). The Bertz CT molecular complexity index is 1080. The Kier molecular flexibility index (Phi) is 5.97. The van der Waals surface area contributed by atoms with E-state index in [2.05, 4.69) is 82.5 Å². The smallest absolute Gasteiger partial charge is 0.179 e. The second-order valence-corrected chi connectivity index (χ2v) is 7.92. The zero-order valence-corrected chi connectivity index (χ0v) is 17.7. The van der Waals surface area contributed by atoms with E-state index in [4.69, 9.17) is 10.1 Å². The molecular weight excluding hydrogens is 374 g/mol. The number of benzene rings is 2. The molecule has 0 aliphatic heterocycles. The van der Waals surface area contributed by atoms with Crippen LogP contribution in [-0.2, 0) is 19.4 Å². The summed E-state index contributed by atoms with van der Waals surface area (Å²) in [6.45, 7) is 7.33. The van der Waals surface area contributed by atoms with Gasteiger partial charge in [0.1, 0.15) is 5.82 Å². The number of nitrogens with one attached hydrogen (secondary N) is 1. The van der Waals surface area contributed by atoms with Crippen molar-refractivity contribution in [3.05, 3.63) is 65.7 Å². The van der Waals surface area contributed by atoms with Gasteiger partial charge in [0.05, 0.1) is 6.54 Å². The molecule has 0 amide bonds. The lowest BCUT2D eigenvalue weighted by Gasteiger charge is -2.09. The van der Waals surface area contributed by atoms with Gasteiger partial charge in [-0.3, -0.25) is 0 Å². The highest BCUT2D eigenvalue weighted by atomic mass is 15.5. The maximum absolute atomic E-state index is 4.73. The topological polar surface area (TPSA) is 85.2 Å². The Morgan fingerprint density at radius 1 is 1.00 bits per heavy atom. The van der Waals surface area contributed by atoms with E-state index in [9.17, 15) is 0 Å². The zero-order chi connectivity index (χ0) is 20.9. The molecule has 7 nitrogen and oxygen atoms in total. The molecule has 4 aromatic rings. The van der Waals surface area contributed by atoms with E-state index in [1.807, 2.05) is 12.1 Å². The van der Waals surface area contributed by atoms with Crippen LogP contribution >= 0.6 is 0 Å². The third-order valence-corrected chi connectivity index (χ3v) is 5.15. The first-order chi connectivity index (χ1) is 14.6. The van der Waals surface area contributed by atoms with Crippen LogP contribution in [0.3, 0.4) is 0 Å². The summed E-state index contributed by atoms with van der Waals surface area (Å²) in [5.74, 6) is 3.32. The quantitative estimate of drug-likeness (QED) is 0.475. The number of rotatable bonds is 8. The van der Waals surface area contributed by atoms with Gasteiger partial charge in [-0.15, -0.1) is 5.10 Å². The molecule has 30 heavy (non-hydrogen) atoms. The van der Waals surface area contributed by atoms with Crippen molar-refractivity contribution >= 4 is 0 Å². The van der Waals surface area contributed by atoms with Crippen molar-refractivity contribution in [3.63, 3.8) is 0 Å². The van der Waals surface area contributed by atoms with Crippen LogP contribution in [0.2, 0.25) is 0 Å². The highest BCUT2D eigenvalue weighted by Crippen LogP contribution is 2.24. The van der Waals surface area contributed by atoms with Crippen LogP contribution < -0.4 is 0 Å². The first kappa shape index (κ1) is 19.9. The second kappa shape index (κ2) is 8.98. The van der Waals surface area contributed by atoms with E-state index < -0.39 is 0 Å². The summed E-state index contributed by atoms with van der Waals surface area (Å²) in [4.78, 5) is 4.73. The highest BCUT2D eigenvalue weighted by Gasteiger charge is 2.11. The van der Waals surface area contributed by atoms with Crippen LogP contribution in [0.5, 0.6) is 0 Å². The lowest BCUT2D eigenvalue weighted by molar-refractivity contribution is 0.547. The van der Waals surface area contributed by atoms with Crippen LogP contribution in [0.25, 0.3) is 22.5 Å². The minimum atomic E-state index is 0.656. The third-order valence-electron chi connectivity index (χ3n) is 5.15. The van der Waals surface area contributed by atoms with Crippen LogP contribution in [0.15, 0.2) is 48.5 Å². The Labute approximate surface area is 176 Å². The fourth-order valence-electron chi connectivity index (χ4n) is 3.41. The summed E-state index contributed by atoms with van der Waals surface area (Å²) in [6.07, 6.45) is 2.95. The lowest BCUT2D eigenvalue weighted by atomic mass is 10.0. The number of aromatic amines is 1. The Hall–Kier alpha value is -3.35. The molecule has 2 aromatic heterocycles. The lowest BCUT2D eigenvalue weighted by Crippen LogP contribution is -2.08. The van der Waals surface area contributed by atoms with Crippen molar-refractivity contribution in [2.45, 2.75) is 46.6 Å². The third kappa shape index (κ3) is 4.62. The molecular formula is C23H27N7. The molecule has 1 N–H and O–H groups in total. The summed E-state index contributed by atoms with van der Waals surface area (Å²) < 4.78 is 2.06. The fraction of sp³-hybridized carbons (Fsp3) is 0.348. The minimum absolute atomic E-state index is 0.656. The molecule has 0 aliphatic carbocycles. The maximum atomic E-state index is 4.73. The van der Waals surface area contributed by atoms with Crippen LogP contribution in [0.4, 0.5) is 0 Å². The number of nitrogens with zero attached hydrogens (tertiary/aromatic N) is 6. The van der Waals surface area contributed by atoms with E-state index in [0.717, 1.165) is 54.1 Å². The molecule has 2 heterocycles. The number of aryl methyl sites for hydroxylation is 2. The zero-order valence-electron chi connectivity index (χ0n) is 17.7. The summed E-state index contributed by atoms with van der Waals surface area (Å²) in [6, 6.07) is 16.8. The monoisotopic (exact) mass is 401 g/mol. The maximum Gasteiger partial charge on any atom is 0.179 e. The van der Waals surface area contributed by atoms with Crippen LogP contribution in [0, 0.1) is 5.92 Å². The molecule has 0 atom stereocenters. The van der Waals surface area contributed by atoms with Crippen molar-refractivity contribution in [1.82, 2.24) is 35.4 Å². The summed E-state index contributed by atoms with van der Waals surface area (Å²) in [5.41, 5.74) is 4.46. The van der Waals surface area contributed by atoms with E-state index in [0.29, 0.717) is 11.7 Å². The SMILES string of the molecule is CCc1nc(CCC(C)C)n(Cc2ccc(-c3cccc(-c4nnn[nH]4)c3)cc2)n1. The van der Waals surface area contributed by atoms with Crippen LogP contribution in [0.1, 0.15) is 44.4 Å². The predicted octanol–water partition coefficient (Wildman–Crippen LogP) is 4.32. The van der Waals surface area contributed by atoms with Gasteiger partial charge in [-0.25, -0.2) is 14.8 Å². The molecule has 2 aromatic carbocycles. The van der Waals surface area contributed by atoms with Gasteiger partial charge in [-0.1, -0.05) is 63.2 Å². The van der Waals surface area contributed by atoms with Gasteiger partial charge in [-0.2, -0.15) is 5.10 Å². The molecule has 0 fully saturated rings. The largest absolute Gasteiger partial charge is 0.245 e. The van der Waals surface area contributed by atoms with Crippen molar-refractivity contribution in [2.75, 3.05) is 0 Å². The fourth-order valence-corrected chi connectivity index (χ4v) is 3.41. The van der Waals surface area contributed by atoms with Gasteiger partial charge >= 0.3 is 0 Å². The van der Waals surface area contributed by atoms with E-state index in [1.54, 1.807) is 0 Å². The minimum Gasteiger partial charge on any atom is -0.245 e. The number of hydrogen-bond acceptors (Lipinski definition) is 5. The number of hydrogen-bond donors (Lipinski definition) is 1. The average Bonchev–Trinajstić information content (AvgIpc) is 3.43. The predicted molar refractivity (Wildman–Crippen MR) is 117 cm³/mol. The summed E-state index contributed by atoms with van der Waals surface area (Å²) >= 11 is 0. The van der Waals surface area contributed by atoms with Gasteiger partial charge < -0.3 is 0 Å². The Morgan fingerprint density at radius 2 is 1.80 bits per heavy atom. The first-order valence-electron chi connectivity index (χ1n) is 10.5. The summed E-state index contributed by atoms with van der Waals surface area (Å²) in [7, 11) is 0. The molecule has 154 valence electrons. The van der Waals surface area contributed by atoms with Crippen LogP contribution in [-0.4, -0.2) is 35.4 Å². The van der Waals surface area contributed by atoms with Gasteiger partial charge in [0.2, 0.25) is 0 Å². The highest BCUT2D eigenvalue weighted by molar-refractivity contribution is 5.70. The normalized spacial score (nSPS) is 11.3. The first-order valence-corrected chi connectivity index (χ1v) is 10.5. The van der Waals surface area contributed by atoms with Crippen molar-refractivity contribution < 1.29 is 0 Å². The van der Waals surface area contributed by atoms with E-state index >= 15 is 0 Å². The Morgan fingerprint density at radius 3 is 2.50 bits per heavy atom. The van der Waals surface area contributed by atoms with Crippen molar-refractivity contribution in [3.8, 4) is 22.5 Å².